The fourth-order valence-electron chi connectivity index (χ4n) is 4.87. The van der Waals surface area contributed by atoms with Gasteiger partial charge in [0.1, 0.15) is 18.1 Å². The maximum absolute atomic E-state index is 14.0. The molecule has 1 N–H and O–H groups in total. The summed E-state index contributed by atoms with van der Waals surface area (Å²) in [6.45, 7) is 7.94. The van der Waals surface area contributed by atoms with Crippen LogP contribution >= 0.6 is 11.3 Å². The molecule has 0 saturated carbocycles. The number of aromatic carboxylic acids is 1. The van der Waals surface area contributed by atoms with Gasteiger partial charge in [0, 0.05) is 5.56 Å². The molecular formula is C34H32N2O7S. The highest BCUT2D eigenvalue weighted by Gasteiger charge is 2.33. The molecule has 44 heavy (non-hydrogen) atoms. The van der Waals surface area contributed by atoms with Crippen LogP contribution in [-0.2, 0) is 16.1 Å². The van der Waals surface area contributed by atoms with Gasteiger partial charge in [-0.25, -0.2) is 14.6 Å². The molecule has 0 spiro atoms. The van der Waals surface area contributed by atoms with Crippen LogP contribution in [0, 0.1) is 0 Å². The van der Waals surface area contributed by atoms with Crippen molar-refractivity contribution in [2.24, 2.45) is 4.99 Å². The third-order valence-electron chi connectivity index (χ3n) is 6.89. The van der Waals surface area contributed by atoms with Gasteiger partial charge in [-0.05, 0) is 75.2 Å². The summed E-state index contributed by atoms with van der Waals surface area (Å²) in [6.07, 6.45) is 1.41. The van der Waals surface area contributed by atoms with E-state index in [1.54, 1.807) is 49.6 Å². The van der Waals surface area contributed by atoms with Crippen molar-refractivity contribution in [1.82, 2.24) is 4.57 Å². The fraction of sp³-hybridized carbons (Fsp3) is 0.235. The van der Waals surface area contributed by atoms with Crippen LogP contribution in [0.1, 0.15) is 60.8 Å². The Kier molecular flexibility index (Phi) is 9.10. The average molecular weight is 613 g/mol. The number of carbonyl (C=O) groups excluding carboxylic acids is 1. The fourth-order valence-corrected chi connectivity index (χ4v) is 5.90. The smallest absolute Gasteiger partial charge is 0.338 e. The molecule has 4 aromatic rings. The molecule has 0 radical (unpaired) electrons. The van der Waals surface area contributed by atoms with E-state index in [-0.39, 0.29) is 23.8 Å². The quantitative estimate of drug-likeness (QED) is 0.254. The number of carboxylic acids is 1. The molecule has 0 fully saturated rings. The summed E-state index contributed by atoms with van der Waals surface area (Å²) in [5.41, 5.74) is 2.91. The Morgan fingerprint density at radius 2 is 1.73 bits per heavy atom. The van der Waals surface area contributed by atoms with Crippen LogP contribution in [0.15, 0.2) is 93.9 Å². The lowest BCUT2D eigenvalue weighted by molar-refractivity contribution is -0.143. The predicted octanol–water partition coefficient (Wildman–Crippen LogP) is 4.86. The van der Waals surface area contributed by atoms with Crippen molar-refractivity contribution in [2.45, 2.75) is 46.4 Å². The number of carbonyl (C=O) groups is 2. The van der Waals surface area contributed by atoms with Crippen LogP contribution in [0.5, 0.6) is 11.5 Å². The summed E-state index contributed by atoms with van der Waals surface area (Å²) in [5, 5.41) is 9.15. The standard InChI is InChI=1S/C34H32N2O7S/c1-5-41-26-16-14-23(15-17-26)30-29(33(40)43-20(2)3)21(4)35-34-36(30)31(37)28(44-34)18-25-8-6-7-9-27(25)42-19-22-10-12-24(13-11-22)32(38)39/h6-18,20,30H,5,19H2,1-4H3,(H,38,39)/b28-18+/t30-/m1/s1. The van der Waals surface area contributed by atoms with Gasteiger partial charge in [-0.1, -0.05) is 53.8 Å². The Hall–Kier alpha value is -4.96. The molecule has 1 aromatic heterocycles. The molecule has 10 heteroatoms. The first-order valence-electron chi connectivity index (χ1n) is 14.2. The van der Waals surface area contributed by atoms with Gasteiger partial charge in [0.15, 0.2) is 4.80 Å². The summed E-state index contributed by atoms with van der Waals surface area (Å²) >= 11 is 1.23. The van der Waals surface area contributed by atoms with Crippen molar-refractivity contribution in [3.8, 4) is 11.5 Å². The van der Waals surface area contributed by atoms with E-state index in [2.05, 4.69) is 4.99 Å². The number of benzene rings is 3. The lowest BCUT2D eigenvalue weighted by Crippen LogP contribution is -2.40. The minimum atomic E-state index is -0.992. The maximum atomic E-state index is 14.0. The van der Waals surface area contributed by atoms with Gasteiger partial charge in [-0.3, -0.25) is 9.36 Å². The van der Waals surface area contributed by atoms with Crippen molar-refractivity contribution in [1.29, 1.82) is 0 Å². The van der Waals surface area contributed by atoms with E-state index in [1.165, 1.54) is 23.5 Å². The summed E-state index contributed by atoms with van der Waals surface area (Å²) in [5.74, 6) is -0.274. The third kappa shape index (κ3) is 6.50. The zero-order valence-corrected chi connectivity index (χ0v) is 25.6. The Morgan fingerprint density at radius 1 is 1.02 bits per heavy atom. The summed E-state index contributed by atoms with van der Waals surface area (Å²) < 4.78 is 19.2. The average Bonchev–Trinajstić information content (AvgIpc) is 3.30. The maximum Gasteiger partial charge on any atom is 0.338 e. The molecule has 1 atom stereocenters. The van der Waals surface area contributed by atoms with Crippen LogP contribution in [-0.4, -0.2) is 34.3 Å². The van der Waals surface area contributed by atoms with Gasteiger partial charge in [-0.15, -0.1) is 0 Å². The number of hydrogen-bond acceptors (Lipinski definition) is 8. The number of thiazole rings is 1. The van der Waals surface area contributed by atoms with Gasteiger partial charge in [0.25, 0.3) is 5.56 Å². The molecule has 2 heterocycles. The second-order valence-corrected chi connectivity index (χ2v) is 11.4. The first-order chi connectivity index (χ1) is 21.2. The number of hydrogen-bond donors (Lipinski definition) is 1. The Bertz CT molecular complexity index is 1900. The Morgan fingerprint density at radius 3 is 2.39 bits per heavy atom. The van der Waals surface area contributed by atoms with Crippen LogP contribution in [0.2, 0.25) is 0 Å². The largest absolute Gasteiger partial charge is 0.494 e. The van der Waals surface area contributed by atoms with E-state index in [4.69, 9.17) is 19.3 Å². The van der Waals surface area contributed by atoms with Gasteiger partial charge >= 0.3 is 11.9 Å². The first kappa shape index (κ1) is 30.5. The molecule has 3 aromatic carbocycles. The Balaban J connectivity index is 1.55. The topological polar surface area (TPSA) is 116 Å². The normalized spacial score (nSPS) is 14.7. The van der Waals surface area contributed by atoms with Crippen LogP contribution in [0.3, 0.4) is 0 Å². The summed E-state index contributed by atoms with van der Waals surface area (Å²) in [6, 6.07) is 20.4. The first-order valence-corrected chi connectivity index (χ1v) is 15.0. The van der Waals surface area contributed by atoms with Crippen molar-refractivity contribution in [3.05, 3.63) is 126 Å². The van der Waals surface area contributed by atoms with Crippen LogP contribution in [0.4, 0.5) is 0 Å². The van der Waals surface area contributed by atoms with Crippen LogP contribution in [0.25, 0.3) is 6.08 Å². The van der Waals surface area contributed by atoms with E-state index in [0.717, 1.165) is 11.1 Å². The summed E-state index contributed by atoms with van der Waals surface area (Å²) in [4.78, 5) is 43.7. The number of esters is 1. The van der Waals surface area contributed by atoms with E-state index in [9.17, 15) is 14.4 Å². The summed E-state index contributed by atoms with van der Waals surface area (Å²) in [7, 11) is 0. The van der Waals surface area contributed by atoms with E-state index < -0.39 is 18.0 Å². The van der Waals surface area contributed by atoms with Crippen molar-refractivity contribution >= 4 is 29.4 Å². The van der Waals surface area contributed by atoms with Gasteiger partial charge < -0.3 is 19.3 Å². The number of fused-ring (bicyclic) bond motifs is 1. The molecule has 226 valence electrons. The highest BCUT2D eigenvalue weighted by Crippen LogP contribution is 2.32. The monoisotopic (exact) mass is 612 g/mol. The number of aromatic nitrogens is 1. The lowest BCUT2D eigenvalue weighted by Gasteiger charge is -2.25. The number of rotatable bonds is 10. The molecule has 0 amide bonds. The minimum Gasteiger partial charge on any atom is -0.494 e. The van der Waals surface area contributed by atoms with Gasteiger partial charge in [0.2, 0.25) is 0 Å². The molecule has 0 saturated heterocycles. The van der Waals surface area contributed by atoms with E-state index in [1.807, 2.05) is 49.4 Å². The molecule has 1 aliphatic heterocycles. The number of allylic oxidation sites excluding steroid dienone is 1. The molecule has 0 bridgehead atoms. The van der Waals surface area contributed by atoms with E-state index in [0.29, 0.717) is 44.3 Å². The lowest BCUT2D eigenvalue weighted by atomic mass is 9.96. The van der Waals surface area contributed by atoms with Crippen molar-refractivity contribution < 1.29 is 28.9 Å². The third-order valence-corrected chi connectivity index (χ3v) is 7.87. The molecule has 9 nitrogen and oxygen atoms in total. The second-order valence-electron chi connectivity index (χ2n) is 10.4. The van der Waals surface area contributed by atoms with Gasteiger partial charge in [0.05, 0.1) is 40.1 Å². The minimum absolute atomic E-state index is 0.198. The number of para-hydroxylation sites is 1. The van der Waals surface area contributed by atoms with Gasteiger partial charge in [-0.2, -0.15) is 0 Å². The number of nitrogens with zero attached hydrogens (tertiary/aromatic N) is 2. The molecule has 5 rings (SSSR count). The Labute approximate surface area is 258 Å². The predicted molar refractivity (Wildman–Crippen MR) is 167 cm³/mol. The van der Waals surface area contributed by atoms with E-state index >= 15 is 0 Å². The highest BCUT2D eigenvalue weighted by molar-refractivity contribution is 7.07. The second kappa shape index (κ2) is 13.1. The zero-order chi connectivity index (χ0) is 31.4. The SMILES string of the molecule is CCOc1ccc([C@@H]2C(C(=O)OC(C)C)=C(C)N=c3s/c(=C/c4ccccc4OCc4ccc(C(=O)O)cc4)c(=O)n32)cc1. The zero-order valence-electron chi connectivity index (χ0n) is 24.8. The number of carboxylic acid groups (broad SMARTS) is 1. The van der Waals surface area contributed by atoms with Crippen molar-refractivity contribution in [3.63, 3.8) is 0 Å². The molecule has 0 unspecified atom stereocenters. The molecular weight excluding hydrogens is 580 g/mol. The highest BCUT2D eigenvalue weighted by atomic mass is 32.1. The molecule has 0 aliphatic carbocycles. The van der Waals surface area contributed by atoms with Crippen LogP contribution < -0.4 is 24.4 Å². The molecule has 1 aliphatic rings. The van der Waals surface area contributed by atoms with Crippen molar-refractivity contribution in [2.75, 3.05) is 6.61 Å². The number of ether oxygens (including phenoxy) is 3.